The molecule has 2 N–H and O–H groups in total. The number of nitrogens with zero attached hydrogens (tertiary/aromatic N) is 4. The van der Waals surface area contributed by atoms with Gasteiger partial charge in [-0.25, -0.2) is 0 Å². The van der Waals surface area contributed by atoms with Crippen LogP contribution in [-0.4, -0.2) is 25.6 Å². The predicted molar refractivity (Wildman–Crippen MR) is 146 cm³/mol. The van der Waals surface area contributed by atoms with Crippen molar-refractivity contribution in [2.75, 3.05) is 10.2 Å². The van der Waals surface area contributed by atoms with E-state index in [1.807, 2.05) is 74.6 Å². The van der Waals surface area contributed by atoms with E-state index in [9.17, 15) is 4.79 Å². The van der Waals surface area contributed by atoms with Crippen LogP contribution in [0.1, 0.15) is 37.3 Å². The number of hydrogen-bond donors (Lipinski definition) is 2. The minimum Gasteiger partial charge on any atom is -0.351 e. The Labute approximate surface area is 220 Å². The van der Waals surface area contributed by atoms with Crippen molar-refractivity contribution in [1.82, 2.24) is 19.9 Å². The lowest BCUT2D eigenvalue weighted by atomic mass is 10.0. The number of benzene rings is 1. The highest BCUT2D eigenvalue weighted by molar-refractivity contribution is 7.80. The summed E-state index contributed by atoms with van der Waals surface area (Å²) in [5, 5.41) is 7.36. The Morgan fingerprint density at radius 2 is 1.86 bits per heavy atom. The molecule has 36 heavy (non-hydrogen) atoms. The maximum Gasteiger partial charge on any atom is 0.226 e. The van der Waals surface area contributed by atoms with Crippen molar-refractivity contribution in [2.24, 2.45) is 5.92 Å². The van der Waals surface area contributed by atoms with Crippen LogP contribution in [0.2, 0.25) is 5.02 Å². The van der Waals surface area contributed by atoms with Gasteiger partial charge < -0.3 is 20.1 Å². The third-order valence-electron chi connectivity index (χ3n) is 6.14. The van der Waals surface area contributed by atoms with Gasteiger partial charge in [0.25, 0.3) is 0 Å². The average Bonchev–Trinajstić information content (AvgIpc) is 3.50. The first-order valence-electron chi connectivity index (χ1n) is 11.6. The molecule has 0 spiro atoms. The number of carbonyl (C=O) groups excluding carboxylic acids is 1. The second-order valence-electron chi connectivity index (χ2n) is 8.81. The summed E-state index contributed by atoms with van der Waals surface area (Å²) in [7, 11) is 0. The summed E-state index contributed by atoms with van der Waals surface area (Å²) in [6.07, 6.45) is 7.35. The molecule has 0 saturated carbocycles. The molecule has 4 aromatic rings. The quantitative estimate of drug-likeness (QED) is 0.320. The third kappa shape index (κ3) is 4.57. The number of pyridine rings is 2. The fourth-order valence-electron chi connectivity index (χ4n) is 4.34. The summed E-state index contributed by atoms with van der Waals surface area (Å²) in [6.45, 7) is 3.68. The van der Waals surface area contributed by atoms with Crippen LogP contribution in [0.5, 0.6) is 0 Å². The summed E-state index contributed by atoms with van der Waals surface area (Å²) in [6, 6.07) is 19.0. The van der Waals surface area contributed by atoms with E-state index in [1.165, 1.54) is 0 Å². The minimum absolute atomic E-state index is 0.0914. The maximum atomic E-state index is 12.2. The van der Waals surface area contributed by atoms with Crippen LogP contribution in [0.3, 0.4) is 0 Å². The van der Waals surface area contributed by atoms with Gasteiger partial charge in [0.1, 0.15) is 6.04 Å². The molecule has 4 heterocycles. The first-order valence-corrected chi connectivity index (χ1v) is 12.4. The second kappa shape index (κ2) is 10.1. The zero-order valence-electron chi connectivity index (χ0n) is 19.8. The van der Waals surface area contributed by atoms with Crippen LogP contribution in [0.4, 0.5) is 11.4 Å². The van der Waals surface area contributed by atoms with E-state index in [-0.39, 0.29) is 23.9 Å². The van der Waals surface area contributed by atoms with Crippen molar-refractivity contribution in [1.29, 1.82) is 0 Å². The number of hydrogen-bond acceptors (Lipinski definition) is 4. The molecule has 9 heteroatoms. The number of thiocarbonyl (C=S) groups is 1. The maximum absolute atomic E-state index is 12.2. The monoisotopic (exact) mass is 516 g/mol. The molecule has 3 aromatic heterocycles. The summed E-state index contributed by atoms with van der Waals surface area (Å²) >= 11 is 12.5. The molecule has 0 radical (unpaired) electrons. The fourth-order valence-corrected chi connectivity index (χ4v) is 4.91. The van der Waals surface area contributed by atoms with Gasteiger partial charge in [0, 0.05) is 47.8 Å². The number of anilines is 2. The van der Waals surface area contributed by atoms with Gasteiger partial charge in [0.15, 0.2) is 5.11 Å². The van der Waals surface area contributed by atoms with Gasteiger partial charge in [-0.2, -0.15) is 0 Å². The average molecular weight is 517 g/mol. The SMILES string of the molecule is CC(C)C(=O)Nc1ccc(N2C(=S)N[C@@H](c3ccccn3)[C@@H]2c2cccn2-c2ccncc2)cc1Cl. The van der Waals surface area contributed by atoms with E-state index in [2.05, 4.69) is 36.1 Å². The van der Waals surface area contributed by atoms with Crippen LogP contribution >= 0.6 is 23.8 Å². The van der Waals surface area contributed by atoms with E-state index in [0.29, 0.717) is 15.8 Å². The minimum atomic E-state index is -0.220. The largest absolute Gasteiger partial charge is 0.351 e. The topological polar surface area (TPSA) is 75.1 Å². The molecule has 7 nitrogen and oxygen atoms in total. The molecule has 0 bridgehead atoms. The highest BCUT2D eigenvalue weighted by Crippen LogP contribution is 2.43. The van der Waals surface area contributed by atoms with Crippen LogP contribution in [0.25, 0.3) is 5.69 Å². The number of nitrogens with one attached hydrogen (secondary N) is 2. The van der Waals surface area contributed by atoms with Crippen molar-refractivity contribution < 1.29 is 4.79 Å². The van der Waals surface area contributed by atoms with Crippen molar-refractivity contribution >= 4 is 46.2 Å². The van der Waals surface area contributed by atoms with E-state index in [4.69, 9.17) is 23.8 Å². The van der Waals surface area contributed by atoms with Crippen LogP contribution < -0.4 is 15.5 Å². The molecule has 2 atom stereocenters. The van der Waals surface area contributed by atoms with Crippen LogP contribution in [0, 0.1) is 5.92 Å². The number of amides is 1. The molecule has 1 amide bonds. The van der Waals surface area contributed by atoms with Gasteiger partial charge in [0.05, 0.1) is 22.4 Å². The number of rotatable bonds is 6. The number of carbonyl (C=O) groups is 1. The zero-order valence-corrected chi connectivity index (χ0v) is 21.4. The Hall–Kier alpha value is -3.75. The Morgan fingerprint density at radius 1 is 1.06 bits per heavy atom. The highest BCUT2D eigenvalue weighted by atomic mass is 35.5. The van der Waals surface area contributed by atoms with Gasteiger partial charge in [0.2, 0.25) is 5.91 Å². The van der Waals surface area contributed by atoms with E-state index in [1.54, 1.807) is 18.6 Å². The van der Waals surface area contributed by atoms with Gasteiger partial charge in [-0.3, -0.25) is 14.8 Å². The lowest BCUT2D eigenvalue weighted by Crippen LogP contribution is -2.30. The van der Waals surface area contributed by atoms with Gasteiger partial charge in [-0.15, -0.1) is 0 Å². The molecule has 182 valence electrons. The standard InChI is InChI=1S/C27H25ClN6OS/c1-17(2)26(35)31-21-9-8-19(16-20(21)28)34-25(24(32-27(34)36)22-6-3-4-12-30-22)23-7-5-15-33(23)18-10-13-29-14-11-18/h3-17,24-25H,1-2H3,(H,31,35)(H,32,36)/t24-,25-/m0/s1. The third-order valence-corrected chi connectivity index (χ3v) is 6.76. The van der Waals surface area contributed by atoms with Crippen molar-refractivity contribution in [3.63, 3.8) is 0 Å². The molecule has 5 rings (SSSR count). The first kappa shape index (κ1) is 24.0. The van der Waals surface area contributed by atoms with Crippen molar-refractivity contribution in [2.45, 2.75) is 25.9 Å². The molecule has 1 aliphatic heterocycles. The highest BCUT2D eigenvalue weighted by Gasteiger charge is 2.42. The lowest BCUT2D eigenvalue weighted by Gasteiger charge is -2.29. The second-order valence-corrected chi connectivity index (χ2v) is 9.61. The zero-order chi connectivity index (χ0) is 25.2. The molecule has 1 aliphatic rings. The van der Waals surface area contributed by atoms with Gasteiger partial charge in [-0.1, -0.05) is 31.5 Å². The summed E-state index contributed by atoms with van der Waals surface area (Å²) < 4.78 is 2.13. The van der Waals surface area contributed by atoms with Crippen LogP contribution in [-0.2, 0) is 4.79 Å². The molecule has 0 aliphatic carbocycles. The van der Waals surface area contributed by atoms with E-state index in [0.717, 1.165) is 22.8 Å². The lowest BCUT2D eigenvalue weighted by molar-refractivity contribution is -0.118. The molecule has 0 unspecified atom stereocenters. The smallest absolute Gasteiger partial charge is 0.226 e. The van der Waals surface area contributed by atoms with E-state index < -0.39 is 0 Å². The molecule has 1 fully saturated rings. The Bertz CT molecular complexity index is 1390. The van der Waals surface area contributed by atoms with Gasteiger partial charge >= 0.3 is 0 Å². The molecular formula is C27H25ClN6OS. The van der Waals surface area contributed by atoms with Gasteiger partial charge in [-0.05, 0) is 66.8 Å². The summed E-state index contributed by atoms with van der Waals surface area (Å²) in [4.78, 5) is 23.1. The Morgan fingerprint density at radius 3 is 2.56 bits per heavy atom. The summed E-state index contributed by atoms with van der Waals surface area (Å²) in [5.74, 6) is -0.244. The first-order chi connectivity index (χ1) is 17.4. The number of aromatic nitrogens is 3. The molecular weight excluding hydrogens is 492 g/mol. The predicted octanol–water partition coefficient (Wildman–Crippen LogP) is 5.69. The summed E-state index contributed by atoms with van der Waals surface area (Å²) in [5.41, 5.74) is 4.27. The van der Waals surface area contributed by atoms with Crippen molar-refractivity contribution in [3.05, 3.63) is 102 Å². The van der Waals surface area contributed by atoms with Crippen LogP contribution in [0.15, 0.2) is 85.5 Å². The normalized spacial score (nSPS) is 17.3. The van der Waals surface area contributed by atoms with Crippen molar-refractivity contribution in [3.8, 4) is 5.69 Å². The van der Waals surface area contributed by atoms with E-state index >= 15 is 0 Å². The Balaban J connectivity index is 1.59. The molecule has 1 aromatic carbocycles. The number of halogens is 1. The Kier molecular flexibility index (Phi) is 6.71. The molecule has 1 saturated heterocycles. The fraction of sp³-hybridized carbons (Fsp3) is 0.185.